The van der Waals surface area contributed by atoms with Gasteiger partial charge in [-0.3, -0.25) is 0 Å². The minimum Gasteiger partial charge on any atom is -0.384 e. The zero-order chi connectivity index (χ0) is 8.39. The Bertz CT molecular complexity index is 302. The predicted molar refractivity (Wildman–Crippen MR) is 50.1 cm³/mol. The SMILES string of the molecule is COC[C@H]1C=Cc2ccccc21. The van der Waals surface area contributed by atoms with Gasteiger partial charge in [0, 0.05) is 13.0 Å². The maximum Gasteiger partial charge on any atom is 0.0566 e. The molecule has 0 spiro atoms. The second kappa shape index (κ2) is 3.11. The van der Waals surface area contributed by atoms with E-state index in [1.165, 1.54) is 11.1 Å². The monoisotopic (exact) mass is 160 g/mol. The van der Waals surface area contributed by atoms with Crippen molar-refractivity contribution in [3.8, 4) is 0 Å². The fraction of sp³-hybridized carbons (Fsp3) is 0.273. The molecule has 0 unspecified atom stereocenters. The first-order valence-electron chi connectivity index (χ1n) is 4.18. The van der Waals surface area contributed by atoms with E-state index in [9.17, 15) is 0 Å². The van der Waals surface area contributed by atoms with E-state index in [2.05, 4.69) is 36.4 Å². The Balaban J connectivity index is 2.30. The third kappa shape index (κ3) is 1.16. The zero-order valence-electron chi connectivity index (χ0n) is 7.16. The molecule has 0 amide bonds. The third-order valence-corrected chi connectivity index (χ3v) is 2.25. The molecule has 1 atom stereocenters. The molecular formula is C11H12O. The minimum atomic E-state index is 0.464. The first kappa shape index (κ1) is 7.56. The fourth-order valence-corrected chi connectivity index (χ4v) is 1.65. The average molecular weight is 160 g/mol. The largest absolute Gasteiger partial charge is 0.384 e. The summed E-state index contributed by atoms with van der Waals surface area (Å²) in [5.74, 6) is 0.464. The van der Waals surface area contributed by atoms with E-state index < -0.39 is 0 Å². The Morgan fingerprint density at radius 2 is 2.17 bits per heavy atom. The van der Waals surface area contributed by atoms with E-state index >= 15 is 0 Å². The van der Waals surface area contributed by atoms with Gasteiger partial charge in [0.05, 0.1) is 6.61 Å². The molecule has 0 aromatic heterocycles. The van der Waals surface area contributed by atoms with Crippen molar-refractivity contribution < 1.29 is 4.74 Å². The van der Waals surface area contributed by atoms with Crippen LogP contribution < -0.4 is 0 Å². The lowest BCUT2D eigenvalue weighted by Crippen LogP contribution is -2.00. The van der Waals surface area contributed by atoms with Gasteiger partial charge < -0.3 is 4.74 Å². The van der Waals surface area contributed by atoms with Gasteiger partial charge in [-0.05, 0) is 11.1 Å². The molecule has 12 heavy (non-hydrogen) atoms. The number of fused-ring (bicyclic) bond motifs is 1. The van der Waals surface area contributed by atoms with Crippen LogP contribution in [0.2, 0.25) is 0 Å². The van der Waals surface area contributed by atoms with Gasteiger partial charge >= 0.3 is 0 Å². The molecule has 0 bridgehead atoms. The number of rotatable bonds is 2. The summed E-state index contributed by atoms with van der Waals surface area (Å²) in [6, 6.07) is 8.45. The molecule has 1 aromatic rings. The Morgan fingerprint density at radius 3 is 3.00 bits per heavy atom. The molecule has 0 saturated heterocycles. The highest BCUT2D eigenvalue weighted by Crippen LogP contribution is 2.29. The first-order valence-corrected chi connectivity index (χ1v) is 4.18. The van der Waals surface area contributed by atoms with Crippen LogP contribution in [0.4, 0.5) is 0 Å². The van der Waals surface area contributed by atoms with Crippen molar-refractivity contribution in [1.29, 1.82) is 0 Å². The molecule has 1 aliphatic rings. The van der Waals surface area contributed by atoms with Crippen LogP contribution >= 0.6 is 0 Å². The summed E-state index contributed by atoms with van der Waals surface area (Å²) in [7, 11) is 1.74. The maximum absolute atomic E-state index is 5.13. The predicted octanol–water partition coefficient (Wildman–Crippen LogP) is 2.44. The summed E-state index contributed by atoms with van der Waals surface area (Å²) in [5.41, 5.74) is 2.72. The molecule has 0 N–H and O–H groups in total. The van der Waals surface area contributed by atoms with Crippen LogP contribution in [0.5, 0.6) is 0 Å². The summed E-state index contributed by atoms with van der Waals surface area (Å²) >= 11 is 0. The van der Waals surface area contributed by atoms with E-state index in [-0.39, 0.29) is 0 Å². The second-order valence-corrected chi connectivity index (χ2v) is 3.05. The number of methoxy groups -OCH3 is 1. The van der Waals surface area contributed by atoms with Crippen LogP contribution in [0, 0.1) is 0 Å². The van der Waals surface area contributed by atoms with Crippen molar-refractivity contribution in [1.82, 2.24) is 0 Å². The van der Waals surface area contributed by atoms with Gasteiger partial charge in [0.25, 0.3) is 0 Å². The van der Waals surface area contributed by atoms with E-state index in [1.807, 2.05) is 0 Å². The Morgan fingerprint density at radius 1 is 1.33 bits per heavy atom. The number of ether oxygens (including phenoxy) is 1. The molecule has 0 saturated carbocycles. The van der Waals surface area contributed by atoms with E-state index in [0.29, 0.717) is 5.92 Å². The van der Waals surface area contributed by atoms with Gasteiger partial charge in [-0.15, -0.1) is 0 Å². The number of hydrogen-bond donors (Lipinski definition) is 0. The normalized spacial score (nSPS) is 19.6. The van der Waals surface area contributed by atoms with Gasteiger partial charge in [0.2, 0.25) is 0 Å². The van der Waals surface area contributed by atoms with Crippen molar-refractivity contribution in [3.63, 3.8) is 0 Å². The quantitative estimate of drug-likeness (QED) is 0.645. The molecule has 1 aromatic carbocycles. The molecule has 0 heterocycles. The molecule has 1 aliphatic carbocycles. The van der Waals surface area contributed by atoms with Crippen molar-refractivity contribution in [3.05, 3.63) is 41.5 Å². The third-order valence-electron chi connectivity index (χ3n) is 2.25. The van der Waals surface area contributed by atoms with Crippen LogP contribution in [0.15, 0.2) is 30.3 Å². The van der Waals surface area contributed by atoms with Gasteiger partial charge in [0.15, 0.2) is 0 Å². The summed E-state index contributed by atoms with van der Waals surface area (Å²) in [4.78, 5) is 0. The Labute approximate surface area is 72.7 Å². The molecule has 0 aliphatic heterocycles. The molecule has 2 rings (SSSR count). The maximum atomic E-state index is 5.13. The second-order valence-electron chi connectivity index (χ2n) is 3.05. The lowest BCUT2D eigenvalue weighted by molar-refractivity contribution is 0.192. The van der Waals surface area contributed by atoms with Crippen molar-refractivity contribution in [2.24, 2.45) is 0 Å². The highest BCUT2D eigenvalue weighted by Gasteiger charge is 2.15. The molecule has 1 heteroatoms. The van der Waals surface area contributed by atoms with Gasteiger partial charge in [-0.2, -0.15) is 0 Å². The topological polar surface area (TPSA) is 9.23 Å². The highest BCUT2D eigenvalue weighted by atomic mass is 16.5. The average Bonchev–Trinajstić information content (AvgIpc) is 2.50. The van der Waals surface area contributed by atoms with E-state index in [1.54, 1.807) is 7.11 Å². The molecule has 0 fully saturated rings. The molecule has 62 valence electrons. The van der Waals surface area contributed by atoms with Gasteiger partial charge in [-0.25, -0.2) is 0 Å². The summed E-state index contributed by atoms with van der Waals surface area (Å²) in [5, 5.41) is 0. The lowest BCUT2D eigenvalue weighted by atomic mass is 10.0. The van der Waals surface area contributed by atoms with E-state index in [4.69, 9.17) is 4.74 Å². The number of hydrogen-bond acceptors (Lipinski definition) is 1. The summed E-state index contributed by atoms with van der Waals surface area (Å²) in [6.45, 7) is 0.785. The smallest absolute Gasteiger partial charge is 0.0566 e. The van der Waals surface area contributed by atoms with Gasteiger partial charge in [-0.1, -0.05) is 36.4 Å². The highest BCUT2D eigenvalue weighted by molar-refractivity contribution is 5.62. The lowest BCUT2D eigenvalue weighted by Gasteiger charge is -2.08. The van der Waals surface area contributed by atoms with Crippen LogP contribution in [-0.4, -0.2) is 13.7 Å². The molecule has 0 radical (unpaired) electrons. The van der Waals surface area contributed by atoms with Crippen molar-refractivity contribution in [2.75, 3.05) is 13.7 Å². The zero-order valence-corrected chi connectivity index (χ0v) is 7.16. The number of benzene rings is 1. The van der Waals surface area contributed by atoms with Crippen LogP contribution in [-0.2, 0) is 4.74 Å². The van der Waals surface area contributed by atoms with Crippen molar-refractivity contribution in [2.45, 2.75) is 5.92 Å². The van der Waals surface area contributed by atoms with Crippen LogP contribution in [0.25, 0.3) is 6.08 Å². The Hall–Kier alpha value is -1.08. The van der Waals surface area contributed by atoms with Crippen LogP contribution in [0.3, 0.4) is 0 Å². The van der Waals surface area contributed by atoms with Crippen LogP contribution in [0.1, 0.15) is 17.0 Å². The molecular weight excluding hydrogens is 148 g/mol. The molecule has 1 nitrogen and oxygen atoms in total. The first-order chi connectivity index (χ1) is 5.92. The van der Waals surface area contributed by atoms with E-state index in [0.717, 1.165) is 6.61 Å². The fourth-order valence-electron chi connectivity index (χ4n) is 1.65. The standard InChI is InChI=1S/C11H12O/c1-12-8-10-7-6-9-4-2-3-5-11(9)10/h2-7,10H,8H2,1H3/t10-/m1/s1. The summed E-state index contributed by atoms with van der Waals surface area (Å²) in [6.07, 6.45) is 4.37. The summed E-state index contributed by atoms with van der Waals surface area (Å²) < 4.78 is 5.13. The minimum absolute atomic E-state index is 0.464. The van der Waals surface area contributed by atoms with Crippen molar-refractivity contribution >= 4 is 6.08 Å². The van der Waals surface area contributed by atoms with Gasteiger partial charge in [0.1, 0.15) is 0 Å². The Kier molecular flexibility index (Phi) is 1.96.